The monoisotopic (exact) mass is 328 g/mol. The number of anilines is 1. The zero-order valence-electron chi connectivity index (χ0n) is 13.7. The van der Waals surface area contributed by atoms with Crippen LogP contribution in [0, 0.1) is 6.92 Å². The van der Waals surface area contributed by atoms with Crippen LogP contribution in [0.5, 0.6) is 0 Å². The molecule has 0 bridgehead atoms. The lowest BCUT2D eigenvalue weighted by molar-refractivity contribution is -0.116. The number of hydrogen-bond donors (Lipinski definition) is 1. The van der Waals surface area contributed by atoms with Gasteiger partial charge in [-0.3, -0.25) is 9.59 Å². The summed E-state index contributed by atoms with van der Waals surface area (Å²) in [5, 5.41) is 2.68. The van der Waals surface area contributed by atoms with E-state index in [1.807, 2.05) is 6.92 Å². The summed E-state index contributed by atoms with van der Waals surface area (Å²) in [6, 6.07) is 9.93. The second-order valence-electron chi connectivity index (χ2n) is 5.39. The molecule has 24 heavy (non-hydrogen) atoms. The van der Waals surface area contributed by atoms with Crippen LogP contribution in [0.15, 0.2) is 47.4 Å². The van der Waals surface area contributed by atoms with Crippen molar-refractivity contribution in [1.82, 2.24) is 4.57 Å². The first-order valence-corrected chi connectivity index (χ1v) is 7.74. The van der Waals surface area contributed by atoms with E-state index in [0.717, 1.165) is 6.42 Å². The Kier molecular flexibility index (Phi) is 5.89. The van der Waals surface area contributed by atoms with Crippen molar-refractivity contribution >= 4 is 17.6 Å². The zero-order chi connectivity index (χ0) is 17.5. The van der Waals surface area contributed by atoms with Crippen LogP contribution in [0.3, 0.4) is 0 Å². The van der Waals surface area contributed by atoms with Gasteiger partial charge in [-0.25, -0.2) is 4.79 Å². The average molecular weight is 328 g/mol. The first kappa shape index (κ1) is 17.5. The Morgan fingerprint density at radius 2 is 2.00 bits per heavy atom. The van der Waals surface area contributed by atoms with Gasteiger partial charge in [0, 0.05) is 17.4 Å². The molecule has 6 nitrogen and oxygen atoms in total. The largest absolute Gasteiger partial charge is 0.462 e. The molecule has 0 atom stereocenters. The van der Waals surface area contributed by atoms with Crippen molar-refractivity contribution in [1.29, 1.82) is 0 Å². The molecule has 0 saturated carbocycles. The van der Waals surface area contributed by atoms with Crippen molar-refractivity contribution in [3.63, 3.8) is 0 Å². The lowest BCUT2D eigenvalue weighted by Gasteiger charge is -2.09. The van der Waals surface area contributed by atoms with E-state index in [0.29, 0.717) is 23.4 Å². The molecule has 0 aliphatic rings. The number of nitrogens with zero attached hydrogens (tertiary/aromatic N) is 1. The summed E-state index contributed by atoms with van der Waals surface area (Å²) in [5.41, 5.74) is 1.22. The van der Waals surface area contributed by atoms with Gasteiger partial charge in [-0.15, -0.1) is 0 Å². The number of carbonyl (C=O) groups is 2. The van der Waals surface area contributed by atoms with Crippen LogP contribution in [0.4, 0.5) is 5.69 Å². The SMILES string of the molecule is CCCOC(=O)c1cccc(NC(=O)Cn2cccc(C)c2=O)c1. The maximum atomic E-state index is 12.1. The van der Waals surface area contributed by atoms with Crippen LogP contribution < -0.4 is 10.9 Å². The maximum Gasteiger partial charge on any atom is 0.338 e. The molecule has 2 aromatic rings. The molecule has 0 unspecified atom stereocenters. The average Bonchev–Trinajstić information content (AvgIpc) is 2.57. The minimum atomic E-state index is -0.428. The Balaban J connectivity index is 2.05. The minimum absolute atomic E-state index is 0.0922. The predicted molar refractivity (Wildman–Crippen MR) is 91.1 cm³/mol. The van der Waals surface area contributed by atoms with Gasteiger partial charge in [-0.1, -0.05) is 19.1 Å². The Morgan fingerprint density at radius 3 is 2.75 bits per heavy atom. The highest BCUT2D eigenvalue weighted by Crippen LogP contribution is 2.12. The Bertz CT molecular complexity index is 796. The second-order valence-corrected chi connectivity index (χ2v) is 5.39. The van der Waals surface area contributed by atoms with Gasteiger partial charge in [-0.05, 0) is 37.6 Å². The fourth-order valence-corrected chi connectivity index (χ4v) is 2.14. The molecule has 0 aliphatic heterocycles. The molecule has 1 heterocycles. The van der Waals surface area contributed by atoms with Gasteiger partial charge in [0.1, 0.15) is 6.54 Å². The van der Waals surface area contributed by atoms with Crippen LogP contribution in [0.1, 0.15) is 29.3 Å². The number of nitrogens with one attached hydrogen (secondary N) is 1. The van der Waals surface area contributed by atoms with Crippen molar-refractivity contribution < 1.29 is 14.3 Å². The molecule has 1 N–H and O–H groups in total. The number of rotatable bonds is 6. The summed E-state index contributed by atoms with van der Waals surface area (Å²) in [4.78, 5) is 35.9. The molecule has 126 valence electrons. The lowest BCUT2D eigenvalue weighted by Crippen LogP contribution is -2.28. The summed E-state index contributed by atoms with van der Waals surface area (Å²) < 4.78 is 6.40. The molecule has 0 radical (unpaired) electrons. The van der Waals surface area contributed by atoms with Crippen molar-refractivity contribution in [2.24, 2.45) is 0 Å². The summed E-state index contributed by atoms with van der Waals surface area (Å²) in [6.45, 7) is 3.87. The highest BCUT2D eigenvalue weighted by atomic mass is 16.5. The number of aromatic nitrogens is 1. The second kappa shape index (κ2) is 8.10. The van der Waals surface area contributed by atoms with E-state index in [1.54, 1.807) is 49.5 Å². The van der Waals surface area contributed by atoms with E-state index in [4.69, 9.17) is 4.74 Å². The summed E-state index contributed by atoms with van der Waals surface area (Å²) in [5.74, 6) is -0.773. The summed E-state index contributed by atoms with van der Waals surface area (Å²) >= 11 is 0. The molecule has 1 amide bonds. The number of carbonyl (C=O) groups excluding carboxylic acids is 2. The van der Waals surface area contributed by atoms with Crippen molar-refractivity contribution in [3.05, 3.63) is 64.1 Å². The van der Waals surface area contributed by atoms with Gasteiger partial charge in [0.05, 0.1) is 12.2 Å². The van der Waals surface area contributed by atoms with E-state index in [2.05, 4.69) is 5.32 Å². The van der Waals surface area contributed by atoms with Crippen molar-refractivity contribution in [3.8, 4) is 0 Å². The molecule has 0 aliphatic carbocycles. The van der Waals surface area contributed by atoms with Gasteiger partial charge < -0.3 is 14.6 Å². The highest BCUT2D eigenvalue weighted by molar-refractivity contribution is 5.94. The number of aryl methyl sites for hydroxylation is 1. The van der Waals surface area contributed by atoms with Gasteiger partial charge in [0.15, 0.2) is 0 Å². The quantitative estimate of drug-likeness (QED) is 0.826. The number of esters is 1. The lowest BCUT2D eigenvalue weighted by atomic mass is 10.2. The smallest absolute Gasteiger partial charge is 0.338 e. The molecule has 1 aromatic heterocycles. The maximum absolute atomic E-state index is 12.1. The first-order chi connectivity index (χ1) is 11.5. The van der Waals surface area contributed by atoms with E-state index in [-0.39, 0.29) is 18.0 Å². The molecule has 1 aromatic carbocycles. The summed E-state index contributed by atoms with van der Waals surface area (Å²) in [6.07, 6.45) is 2.31. The van der Waals surface area contributed by atoms with Gasteiger partial charge in [0.2, 0.25) is 5.91 Å². The Labute approximate surface area is 140 Å². The Morgan fingerprint density at radius 1 is 1.21 bits per heavy atom. The van der Waals surface area contributed by atoms with Crippen molar-refractivity contribution in [2.75, 3.05) is 11.9 Å². The van der Waals surface area contributed by atoms with E-state index in [1.165, 1.54) is 4.57 Å². The van der Waals surface area contributed by atoms with E-state index in [9.17, 15) is 14.4 Å². The van der Waals surface area contributed by atoms with Gasteiger partial charge in [-0.2, -0.15) is 0 Å². The van der Waals surface area contributed by atoms with E-state index >= 15 is 0 Å². The van der Waals surface area contributed by atoms with Crippen LogP contribution in [0.2, 0.25) is 0 Å². The highest BCUT2D eigenvalue weighted by Gasteiger charge is 2.10. The molecule has 6 heteroatoms. The minimum Gasteiger partial charge on any atom is -0.462 e. The molecule has 0 saturated heterocycles. The summed E-state index contributed by atoms with van der Waals surface area (Å²) in [7, 11) is 0. The molecule has 0 fully saturated rings. The van der Waals surface area contributed by atoms with Gasteiger partial charge >= 0.3 is 5.97 Å². The van der Waals surface area contributed by atoms with Crippen LogP contribution >= 0.6 is 0 Å². The zero-order valence-corrected chi connectivity index (χ0v) is 13.7. The van der Waals surface area contributed by atoms with E-state index < -0.39 is 5.97 Å². The number of pyridine rings is 1. The molecular weight excluding hydrogens is 308 g/mol. The molecule has 0 spiro atoms. The fraction of sp³-hybridized carbons (Fsp3) is 0.278. The normalized spacial score (nSPS) is 10.2. The van der Waals surface area contributed by atoms with Crippen LogP contribution in [-0.4, -0.2) is 23.1 Å². The number of amides is 1. The van der Waals surface area contributed by atoms with Crippen LogP contribution in [-0.2, 0) is 16.1 Å². The van der Waals surface area contributed by atoms with Gasteiger partial charge in [0.25, 0.3) is 5.56 Å². The van der Waals surface area contributed by atoms with Crippen LogP contribution in [0.25, 0.3) is 0 Å². The standard InChI is InChI=1S/C18H20N2O4/c1-3-10-24-18(23)14-7-4-8-15(11-14)19-16(21)12-20-9-5-6-13(2)17(20)22/h4-9,11H,3,10,12H2,1-2H3,(H,19,21). The third-order valence-corrected chi connectivity index (χ3v) is 3.34. The third kappa shape index (κ3) is 4.55. The predicted octanol–water partition coefficient (Wildman–Crippen LogP) is 2.36. The fourth-order valence-electron chi connectivity index (χ4n) is 2.14. The molecular formula is C18H20N2O4. The van der Waals surface area contributed by atoms with Crippen molar-refractivity contribution in [2.45, 2.75) is 26.8 Å². The Hall–Kier alpha value is -2.89. The topological polar surface area (TPSA) is 77.4 Å². The number of hydrogen-bond acceptors (Lipinski definition) is 4. The number of ether oxygens (including phenoxy) is 1. The third-order valence-electron chi connectivity index (χ3n) is 3.34. The number of benzene rings is 1. The first-order valence-electron chi connectivity index (χ1n) is 7.74. The molecule has 2 rings (SSSR count).